The van der Waals surface area contributed by atoms with Gasteiger partial charge in [0.1, 0.15) is 22.4 Å². The lowest BCUT2D eigenvalue weighted by Crippen LogP contribution is -1.99. The number of para-hydroxylation sites is 1. The number of hydrogen-bond acceptors (Lipinski definition) is 5. The Hall–Kier alpha value is -2.71. The van der Waals surface area contributed by atoms with E-state index in [9.17, 15) is 5.26 Å². The topological polar surface area (TPSA) is 57.9 Å². The first kappa shape index (κ1) is 16.2. The predicted molar refractivity (Wildman–Crippen MR) is 99.1 cm³/mol. The number of anilines is 2. The van der Waals surface area contributed by atoms with Crippen molar-refractivity contribution >= 4 is 34.0 Å². The molecular weight excluding hydrogens is 318 g/mol. The molecule has 3 aromatic rings. The maximum absolute atomic E-state index is 9.62. The minimum absolute atomic E-state index is 0.565. The first-order valence-corrected chi connectivity index (χ1v) is 8.86. The average Bonchev–Trinajstić information content (AvgIpc) is 2.63. The summed E-state index contributed by atoms with van der Waals surface area (Å²) in [5.41, 5.74) is 3.12. The third kappa shape index (κ3) is 3.15. The second-order valence-electron chi connectivity index (χ2n) is 5.08. The lowest BCUT2D eigenvalue weighted by Gasteiger charge is -2.14. The molecule has 5 heteroatoms. The summed E-state index contributed by atoms with van der Waals surface area (Å²) in [6.45, 7) is 2.59. The smallest absolute Gasteiger partial charge is 0.119 e. The van der Waals surface area contributed by atoms with Crippen LogP contribution in [0.5, 0.6) is 5.75 Å². The van der Waals surface area contributed by atoms with Crippen LogP contribution >= 0.6 is 11.8 Å². The molecule has 0 spiro atoms. The number of nitriles is 1. The second-order valence-corrected chi connectivity index (χ2v) is 5.88. The number of thioether (sulfide) groups is 1. The molecule has 0 radical (unpaired) electrons. The molecule has 0 aliphatic heterocycles. The SMILES string of the molecule is CCOc1ccc(Nc2c(C#N)c(SC)nc3ccccc23)cc1. The Labute approximate surface area is 145 Å². The maximum Gasteiger partial charge on any atom is 0.119 e. The van der Waals surface area contributed by atoms with Gasteiger partial charge in [0.15, 0.2) is 0 Å². The average molecular weight is 335 g/mol. The van der Waals surface area contributed by atoms with Crippen LogP contribution in [0.15, 0.2) is 53.6 Å². The van der Waals surface area contributed by atoms with E-state index in [4.69, 9.17) is 4.74 Å². The first-order valence-electron chi connectivity index (χ1n) is 7.63. The van der Waals surface area contributed by atoms with Crippen LogP contribution in [0.25, 0.3) is 10.9 Å². The van der Waals surface area contributed by atoms with E-state index in [0.717, 1.165) is 33.1 Å². The van der Waals surface area contributed by atoms with E-state index in [1.165, 1.54) is 11.8 Å². The van der Waals surface area contributed by atoms with Gasteiger partial charge in [0, 0.05) is 11.1 Å². The van der Waals surface area contributed by atoms with Gasteiger partial charge < -0.3 is 10.1 Å². The van der Waals surface area contributed by atoms with Gasteiger partial charge in [0.25, 0.3) is 0 Å². The summed E-state index contributed by atoms with van der Waals surface area (Å²) in [6, 6.07) is 17.8. The summed E-state index contributed by atoms with van der Waals surface area (Å²) in [6.07, 6.45) is 1.93. The largest absolute Gasteiger partial charge is 0.494 e. The van der Waals surface area contributed by atoms with E-state index in [1.54, 1.807) is 0 Å². The van der Waals surface area contributed by atoms with Gasteiger partial charge >= 0.3 is 0 Å². The highest BCUT2D eigenvalue weighted by atomic mass is 32.2. The standard InChI is InChI=1S/C19H17N3OS/c1-3-23-14-10-8-13(9-11-14)21-18-15-6-4-5-7-17(15)22-19(24-2)16(18)12-20/h4-11H,3H2,1-2H3,(H,21,22). The quantitative estimate of drug-likeness (QED) is 0.667. The summed E-state index contributed by atoms with van der Waals surface area (Å²) in [4.78, 5) is 4.59. The van der Waals surface area contributed by atoms with Gasteiger partial charge in [-0.1, -0.05) is 18.2 Å². The fourth-order valence-electron chi connectivity index (χ4n) is 2.52. The van der Waals surface area contributed by atoms with Crippen molar-refractivity contribution in [1.82, 2.24) is 4.98 Å². The van der Waals surface area contributed by atoms with Crippen LogP contribution in [0.1, 0.15) is 12.5 Å². The first-order chi connectivity index (χ1) is 11.8. The van der Waals surface area contributed by atoms with Crippen LogP contribution in [0.4, 0.5) is 11.4 Å². The molecule has 0 atom stereocenters. The van der Waals surface area contributed by atoms with Crippen LogP contribution in [-0.4, -0.2) is 17.8 Å². The molecule has 2 aromatic carbocycles. The molecule has 0 amide bonds. The van der Waals surface area contributed by atoms with Crippen LogP contribution in [-0.2, 0) is 0 Å². The molecule has 0 bridgehead atoms. The number of rotatable bonds is 5. The van der Waals surface area contributed by atoms with E-state index >= 15 is 0 Å². The third-order valence-corrected chi connectivity index (χ3v) is 4.28. The van der Waals surface area contributed by atoms with Crippen LogP contribution in [0.2, 0.25) is 0 Å². The summed E-state index contributed by atoms with van der Waals surface area (Å²) in [7, 11) is 0. The Morgan fingerprint density at radius 1 is 1.17 bits per heavy atom. The van der Waals surface area contributed by atoms with E-state index in [2.05, 4.69) is 16.4 Å². The highest BCUT2D eigenvalue weighted by Gasteiger charge is 2.14. The van der Waals surface area contributed by atoms with E-state index in [0.29, 0.717) is 12.2 Å². The Morgan fingerprint density at radius 2 is 1.92 bits per heavy atom. The van der Waals surface area contributed by atoms with E-state index in [-0.39, 0.29) is 0 Å². The monoisotopic (exact) mass is 335 g/mol. The molecule has 120 valence electrons. The van der Waals surface area contributed by atoms with Crippen LogP contribution in [0, 0.1) is 11.3 Å². The van der Waals surface area contributed by atoms with Crippen molar-refractivity contribution in [1.29, 1.82) is 5.26 Å². The Bertz CT molecular complexity index is 901. The molecule has 4 nitrogen and oxygen atoms in total. The third-order valence-electron chi connectivity index (χ3n) is 3.60. The fraction of sp³-hybridized carbons (Fsp3) is 0.158. The molecule has 0 fully saturated rings. The number of aromatic nitrogens is 1. The van der Waals surface area contributed by atoms with Gasteiger partial charge in [0.05, 0.1) is 17.8 Å². The zero-order valence-electron chi connectivity index (χ0n) is 13.5. The van der Waals surface area contributed by atoms with Crippen molar-refractivity contribution in [2.75, 3.05) is 18.2 Å². The number of nitrogens with zero attached hydrogens (tertiary/aromatic N) is 2. The summed E-state index contributed by atoms with van der Waals surface area (Å²) in [5.74, 6) is 0.827. The van der Waals surface area contributed by atoms with Crippen molar-refractivity contribution in [2.24, 2.45) is 0 Å². The molecule has 0 saturated heterocycles. The van der Waals surface area contributed by atoms with Gasteiger partial charge in [-0.15, -0.1) is 11.8 Å². The lowest BCUT2D eigenvalue weighted by atomic mass is 10.1. The second kappa shape index (κ2) is 7.24. The number of fused-ring (bicyclic) bond motifs is 1. The van der Waals surface area contributed by atoms with Crippen molar-refractivity contribution in [3.05, 3.63) is 54.1 Å². The fourth-order valence-corrected chi connectivity index (χ4v) is 3.06. The summed E-state index contributed by atoms with van der Waals surface area (Å²) >= 11 is 1.48. The molecule has 0 saturated carbocycles. The Balaban J connectivity index is 2.08. The van der Waals surface area contributed by atoms with Gasteiger partial charge in [-0.2, -0.15) is 5.26 Å². The highest BCUT2D eigenvalue weighted by molar-refractivity contribution is 7.98. The van der Waals surface area contributed by atoms with Crippen molar-refractivity contribution < 1.29 is 4.74 Å². The van der Waals surface area contributed by atoms with Crippen LogP contribution in [0.3, 0.4) is 0 Å². The zero-order valence-corrected chi connectivity index (χ0v) is 14.4. The zero-order chi connectivity index (χ0) is 16.9. The molecule has 1 N–H and O–H groups in total. The number of pyridine rings is 1. The maximum atomic E-state index is 9.62. The minimum atomic E-state index is 0.565. The lowest BCUT2D eigenvalue weighted by molar-refractivity contribution is 0.340. The summed E-state index contributed by atoms with van der Waals surface area (Å²) in [5, 5.41) is 14.7. The van der Waals surface area contributed by atoms with Crippen molar-refractivity contribution in [3.63, 3.8) is 0 Å². The molecule has 3 rings (SSSR count). The molecule has 0 unspecified atom stereocenters. The number of benzene rings is 2. The highest BCUT2D eigenvalue weighted by Crippen LogP contribution is 2.34. The normalized spacial score (nSPS) is 10.4. The molecule has 24 heavy (non-hydrogen) atoms. The molecule has 1 aromatic heterocycles. The molecular formula is C19H17N3OS. The van der Waals surface area contributed by atoms with E-state index in [1.807, 2.05) is 61.7 Å². The number of hydrogen-bond donors (Lipinski definition) is 1. The molecule has 0 aliphatic carbocycles. The van der Waals surface area contributed by atoms with Gasteiger partial charge in [0.2, 0.25) is 0 Å². The van der Waals surface area contributed by atoms with Crippen molar-refractivity contribution in [2.45, 2.75) is 11.9 Å². The van der Waals surface area contributed by atoms with Gasteiger partial charge in [-0.3, -0.25) is 0 Å². The molecule has 1 heterocycles. The summed E-state index contributed by atoms with van der Waals surface area (Å²) < 4.78 is 5.47. The van der Waals surface area contributed by atoms with Crippen LogP contribution < -0.4 is 10.1 Å². The minimum Gasteiger partial charge on any atom is -0.494 e. The number of nitrogens with one attached hydrogen (secondary N) is 1. The van der Waals surface area contributed by atoms with E-state index < -0.39 is 0 Å². The van der Waals surface area contributed by atoms with Crippen molar-refractivity contribution in [3.8, 4) is 11.8 Å². The Morgan fingerprint density at radius 3 is 2.58 bits per heavy atom. The number of ether oxygens (including phenoxy) is 1. The van der Waals surface area contributed by atoms with Gasteiger partial charge in [-0.25, -0.2) is 4.98 Å². The predicted octanol–water partition coefficient (Wildman–Crippen LogP) is 4.97. The Kier molecular flexibility index (Phi) is 4.88. The van der Waals surface area contributed by atoms with Gasteiger partial charge in [-0.05, 0) is 43.5 Å². The molecule has 0 aliphatic rings.